The molecular weight excluding hydrogens is 262 g/mol. The smallest absolute Gasteiger partial charge is 0.183 e. The summed E-state index contributed by atoms with van der Waals surface area (Å²) in [5.74, 6) is 0.961. The summed E-state index contributed by atoms with van der Waals surface area (Å²) in [5, 5.41) is 4.33. The van der Waals surface area contributed by atoms with Gasteiger partial charge in [-0.1, -0.05) is 39.3 Å². The van der Waals surface area contributed by atoms with E-state index in [1.165, 1.54) is 0 Å². The predicted molar refractivity (Wildman–Crippen MR) is 83.1 cm³/mol. The van der Waals surface area contributed by atoms with Crippen molar-refractivity contribution in [1.82, 2.24) is 9.97 Å². The van der Waals surface area contributed by atoms with E-state index in [1.54, 1.807) is 0 Å². The summed E-state index contributed by atoms with van der Waals surface area (Å²) in [7, 11) is -2.28. The topological polar surface area (TPSA) is 37.8 Å². The van der Waals surface area contributed by atoms with Crippen LogP contribution in [0.4, 0.5) is 5.82 Å². The monoisotopic (exact) mass is 285 g/mol. The molecule has 1 rings (SSSR count). The average Bonchev–Trinajstić information content (AvgIpc) is 2.11. The van der Waals surface area contributed by atoms with Crippen molar-refractivity contribution in [3.05, 3.63) is 12.3 Å². The van der Waals surface area contributed by atoms with Gasteiger partial charge in [0.25, 0.3) is 0 Å². The minimum Gasteiger partial charge on any atom is -0.373 e. The first-order chi connectivity index (χ1) is 7.66. The van der Waals surface area contributed by atoms with Crippen LogP contribution in [-0.2, 0) is 0 Å². The molecule has 17 heavy (non-hydrogen) atoms. The summed E-state index contributed by atoms with van der Waals surface area (Å²) in [6, 6.07) is 1.95. The predicted octanol–water partition coefficient (Wildman–Crippen LogP) is 3.69. The lowest BCUT2D eigenvalue weighted by molar-refractivity contribution is 0.971. The van der Waals surface area contributed by atoms with Crippen LogP contribution in [0.25, 0.3) is 0 Å². The van der Waals surface area contributed by atoms with Gasteiger partial charge in [0.05, 0.1) is 8.07 Å². The first kappa shape index (κ1) is 14.7. The van der Waals surface area contributed by atoms with E-state index in [0.29, 0.717) is 0 Å². The van der Waals surface area contributed by atoms with E-state index in [9.17, 15) is 0 Å². The largest absolute Gasteiger partial charge is 0.373 e. The van der Waals surface area contributed by atoms with Crippen LogP contribution in [-0.4, -0.2) is 31.4 Å². The van der Waals surface area contributed by atoms with Gasteiger partial charge in [-0.15, -0.1) is 11.2 Å². The summed E-state index contributed by atoms with van der Waals surface area (Å²) < 4.78 is 0. The van der Waals surface area contributed by atoms with Gasteiger partial charge in [0, 0.05) is 12.4 Å². The molecular formula is C11H23N3SSi2. The van der Waals surface area contributed by atoms with Gasteiger partial charge in [0.15, 0.2) is 5.16 Å². The van der Waals surface area contributed by atoms with Gasteiger partial charge in [-0.2, -0.15) is 0 Å². The SMILES string of the molecule is C[Si](C)(C)CNc1ccnc(S[Si](C)(C)C)n1. The minimum atomic E-state index is -1.21. The highest BCUT2D eigenvalue weighted by Gasteiger charge is 2.17. The van der Waals surface area contributed by atoms with Crippen LogP contribution in [0.5, 0.6) is 0 Å². The Morgan fingerprint density at radius 1 is 1.18 bits per heavy atom. The maximum absolute atomic E-state index is 4.56. The normalized spacial score (nSPS) is 12.6. The highest BCUT2D eigenvalue weighted by molar-refractivity contribution is 8.28. The van der Waals surface area contributed by atoms with E-state index >= 15 is 0 Å². The first-order valence-corrected chi connectivity index (χ1v) is 14.7. The van der Waals surface area contributed by atoms with Gasteiger partial charge in [-0.25, -0.2) is 9.97 Å². The van der Waals surface area contributed by atoms with E-state index in [1.807, 2.05) is 23.5 Å². The first-order valence-electron chi connectivity index (χ1n) is 5.92. The second-order valence-electron chi connectivity index (χ2n) is 6.35. The molecule has 0 aromatic carbocycles. The lowest BCUT2D eigenvalue weighted by Crippen LogP contribution is -2.31. The van der Waals surface area contributed by atoms with Crippen molar-refractivity contribution in [1.29, 1.82) is 0 Å². The molecule has 0 aliphatic carbocycles. The molecule has 0 amide bonds. The molecule has 1 N–H and O–H groups in total. The minimum absolute atomic E-state index is 0.907. The Bertz CT molecular complexity index is 372. The molecule has 6 heteroatoms. The number of anilines is 1. The average molecular weight is 286 g/mol. The molecule has 1 aromatic heterocycles. The molecule has 0 radical (unpaired) electrons. The number of nitrogens with one attached hydrogen (secondary N) is 1. The molecule has 0 aliphatic heterocycles. The fourth-order valence-corrected chi connectivity index (χ4v) is 4.57. The Labute approximate surface area is 111 Å². The molecule has 1 aromatic rings. The van der Waals surface area contributed by atoms with Crippen molar-refractivity contribution in [3.8, 4) is 0 Å². The molecule has 0 atom stereocenters. The Hall–Kier alpha value is -0.336. The van der Waals surface area contributed by atoms with E-state index in [-0.39, 0.29) is 0 Å². The Morgan fingerprint density at radius 2 is 1.82 bits per heavy atom. The molecule has 0 aliphatic rings. The third kappa shape index (κ3) is 6.85. The zero-order valence-corrected chi connectivity index (χ0v) is 14.5. The Balaban J connectivity index is 2.66. The van der Waals surface area contributed by atoms with Crippen LogP contribution in [0, 0.1) is 0 Å². The van der Waals surface area contributed by atoms with Gasteiger partial charge in [0.2, 0.25) is 0 Å². The molecule has 0 spiro atoms. The number of nitrogens with zero attached hydrogens (tertiary/aromatic N) is 2. The molecule has 1 heterocycles. The highest BCUT2D eigenvalue weighted by atomic mass is 32.4. The maximum atomic E-state index is 4.56. The zero-order chi connectivity index (χ0) is 13.1. The molecule has 0 unspecified atom stereocenters. The second-order valence-corrected chi connectivity index (χ2v) is 20.9. The van der Waals surface area contributed by atoms with Crippen molar-refractivity contribution in [2.24, 2.45) is 0 Å². The quantitative estimate of drug-likeness (QED) is 0.661. The summed E-state index contributed by atoms with van der Waals surface area (Å²) in [5.41, 5.74) is 0. The lowest BCUT2D eigenvalue weighted by Gasteiger charge is -2.18. The van der Waals surface area contributed by atoms with Gasteiger partial charge >= 0.3 is 0 Å². The van der Waals surface area contributed by atoms with Gasteiger partial charge in [-0.3, -0.25) is 0 Å². The molecule has 3 nitrogen and oxygen atoms in total. The molecule has 0 fully saturated rings. The van der Waals surface area contributed by atoms with E-state index in [4.69, 9.17) is 0 Å². The third-order valence-electron chi connectivity index (χ3n) is 1.83. The third-order valence-corrected chi connectivity index (χ3v) is 6.44. The number of hydrogen-bond acceptors (Lipinski definition) is 4. The van der Waals surface area contributed by atoms with Crippen LogP contribution in [0.15, 0.2) is 17.4 Å². The number of aromatic nitrogens is 2. The second kappa shape index (κ2) is 5.54. The zero-order valence-electron chi connectivity index (χ0n) is 11.7. The lowest BCUT2D eigenvalue weighted by atomic mass is 10.6. The summed E-state index contributed by atoms with van der Waals surface area (Å²) in [6.07, 6.45) is 2.91. The summed E-state index contributed by atoms with van der Waals surface area (Å²) in [4.78, 5) is 8.89. The fourth-order valence-electron chi connectivity index (χ4n) is 1.12. The van der Waals surface area contributed by atoms with Crippen LogP contribution in [0.3, 0.4) is 0 Å². The van der Waals surface area contributed by atoms with Gasteiger partial charge in [-0.05, 0) is 6.07 Å². The van der Waals surface area contributed by atoms with Crippen molar-refractivity contribution < 1.29 is 0 Å². The van der Waals surface area contributed by atoms with Crippen LogP contribution < -0.4 is 5.32 Å². The van der Waals surface area contributed by atoms with Crippen LogP contribution >= 0.6 is 11.2 Å². The molecule has 0 saturated carbocycles. The van der Waals surface area contributed by atoms with E-state index < -0.39 is 15.3 Å². The van der Waals surface area contributed by atoms with Crippen molar-refractivity contribution in [2.45, 2.75) is 44.4 Å². The molecule has 0 saturated heterocycles. The van der Waals surface area contributed by atoms with E-state index in [2.05, 4.69) is 54.6 Å². The Kier molecular flexibility index (Phi) is 4.80. The van der Waals surface area contributed by atoms with Crippen LogP contribution in [0.1, 0.15) is 0 Å². The van der Waals surface area contributed by atoms with Crippen LogP contribution in [0.2, 0.25) is 39.3 Å². The number of rotatable bonds is 5. The summed E-state index contributed by atoms with van der Waals surface area (Å²) in [6.45, 7) is 14.0. The van der Waals surface area contributed by atoms with E-state index in [0.717, 1.165) is 17.1 Å². The maximum Gasteiger partial charge on any atom is 0.183 e. The number of hydrogen-bond donors (Lipinski definition) is 1. The van der Waals surface area contributed by atoms with Crippen molar-refractivity contribution >= 4 is 32.3 Å². The van der Waals surface area contributed by atoms with Crippen molar-refractivity contribution in [2.75, 3.05) is 11.5 Å². The van der Waals surface area contributed by atoms with Gasteiger partial charge < -0.3 is 5.32 Å². The fraction of sp³-hybridized carbons (Fsp3) is 0.636. The highest BCUT2D eigenvalue weighted by Crippen LogP contribution is 2.26. The Morgan fingerprint density at radius 3 is 2.35 bits per heavy atom. The molecule has 96 valence electrons. The molecule has 0 bridgehead atoms. The van der Waals surface area contributed by atoms with Crippen molar-refractivity contribution in [3.63, 3.8) is 0 Å². The summed E-state index contributed by atoms with van der Waals surface area (Å²) >= 11 is 1.84. The standard InChI is InChI=1S/C11H23N3SSi2/c1-16(2,3)9-13-10-7-8-12-11(14-10)15-17(4,5)6/h7-8H,9H2,1-6H3,(H,12,13,14). The van der Waals surface area contributed by atoms with Gasteiger partial charge in [0.1, 0.15) is 13.0 Å².